The van der Waals surface area contributed by atoms with Crippen LogP contribution in [0.15, 0.2) is 0 Å². The van der Waals surface area contributed by atoms with Crippen LogP contribution in [0.25, 0.3) is 0 Å². The van der Waals surface area contributed by atoms with Crippen LogP contribution in [-0.4, -0.2) is 23.0 Å². The fraction of sp³-hybridized carbons (Fsp3) is 0.818. The number of aliphatic carboxylic acids is 1. The molecule has 0 rings (SSSR count). The number of rotatable bonds is 7. The number of nitrogens with one attached hydrogen (secondary N) is 1. The molecule has 0 aliphatic carbocycles. The summed E-state index contributed by atoms with van der Waals surface area (Å²) in [6.45, 7) is 5.60. The number of hydrogen-bond donors (Lipinski definition) is 2. The van der Waals surface area contributed by atoms with E-state index in [4.69, 9.17) is 5.11 Å². The second-order valence-corrected chi connectivity index (χ2v) is 4.12. The summed E-state index contributed by atoms with van der Waals surface area (Å²) in [4.78, 5) is 21.5. The number of carboxylic acid groups (broad SMARTS) is 1. The van der Waals surface area contributed by atoms with Gasteiger partial charge in [0.1, 0.15) is 0 Å². The molecule has 1 amide bonds. The highest BCUT2D eigenvalue weighted by Gasteiger charge is 2.16. The van der Waals surface area contributed by atoms with Crippen molar-refractivity contribution >= 4 is 11.9 Å². The Morgan fingerprint density at radius 1 is 1.40 bits per heavy atom. The van der Waals surface area contributed by atoms with Crippen LogP contribution in [0.2, 0.25) is 0 Å². The Balaban J connectivity index is 4.10. The molecule has 0 heterocycles. The summed E-state index contributed by atoms with van der Waals surface area (Å²) in [6.07, 6.45) is 2.89. The fourth-order valence-corrected chi connectivity index (χ4v) is 1.79. The zero-order chi connectivity index (χ0) is 11.8. The van der Waals surface area contributed by atoms with Crippen molar-refractivity contribution in [3.63, 3.8) is 0 Å². The molecule has 2 N–H and O–H groups in total. The molecule has 4 heteroatoms. The van der Waals surface area contributed by atoms with Gasteiger partial charge in [-0.2, -0.15) is 0 Å². The molecular formula is C11H21NO3. The highest BCUT2D eigenvalue weighted by Crippen LogP contribution is 2.14. The molecule has 0 aliphatic heterocycles. The standard InChI is InChI=1S/C11H21NO3/c1-4-5-8(2)6-10(7-11(14)15)12-9(3)13/h8,10H,4-7H2,1-3H3,(H,12,13)(H,14,15)/t8-,10+/m1/s1. The third kappa shape index (κ3) is 7.97. The van der Waals surface area contributed by atoms with E-state index < -0.39 is 5.97 Å². The van der Waals surface area contributed by atoms with Crippen molar-refractivity contribution in [2.45, 2.75) is 52.5 Å². The maximum atomic E-state index is 10.9. The van der Waals surface area contributed by atoms with E-state index in [0.29, 0.717) is 5.92 Å². The second-order valence-electron chi connectivity index (χ2n) is 4.12. The van der Waals surface area contributed by atoms with Gasteiger partial charge in [-0.1, -0.05) is 26.7 Å². The van der Waals surface area contributed by atoms with E-state index in [9.17, 15) is 9.59 Å². The van der Waals surface area contributed by atoms with Gasteiger partial charge in [-0.25, -0.2) is 0 Å². The van der Waals surface area contributed by atoms with E-state index in [1.807, 2.05) is 0 Å². The number of hydrogen-bond acceptors (Lipinski definition) is 2. The summed E-state index contributed by atoms with van der Waals surface area (Å²) in [5.41, 5.74) is 0. The van der Waals surface area contributed by atoms with Crippen LogP contribution >= 0.6 is 0 Å². The first-order valence-corrected chi connectivity index (χ1v) is 5.44. The third-order valence-corrected chi connectivity index (χ3v) is 2.30. The maximum Gasteiger partial charge on any atom is 0.305 e. The van der Waals surface area contributed by atoms with Crippen molar-refractivity contribution in [2.75, 3.05) is 0 Å². The first-order chi connectivity index (χ1) is 6.95. The van der Waals surface area contributed by atoms with Gasteiger partial charge in [0.25, 0.3) is 0 Å². The lowest BCUT2D eigenvalue weighted by molar-refractivity contribution is -0.137. The van der Waals surface area contributed by atoms with Crippen LogP contribution in [0.5, 0.6) is 0 Å². The molecule has 0 aromatic heterocycles. The number of amides is 1. The summed E-state index contributed by atoms with van der Waals surface area (Å²) in [5, 5.41) is 11.4. The molecule has 0 saturated carbocycles. The van der Waals surface area contributed by atoms with Crippen molar-refractivity contribution in [3.8, 4) is 0 Å². The van der Waals surface area contributed by atoms with Gasteiger partial charge in [-0.05, 0) is 12.3 Å². The van der Waals surface area contributed by atoms with Crippen molar-refractivity contribution in [1.82, 2.24) is 5.32 Å². The second kappa shape index (κ2) is 7.26. The van der Waals surface area contributed by atoms with Crippen LogP contribution < -0.4 is 5.32 Å². The van der Waals surface area contributed by atoms with E-state index in [-0.39, 0.29) is 18.4 Å². The Bertz CT molecular complexity index is 200. The number of carboxylic acids is 1. The number of carbonyl (C=O) groups is 2. The van der Waals surface area contributed by atoms with E-state index in [1.54, 1.807) is 0 Å². The molecule has 0 saturated heterocycles. The molecule has 0 aromatic rings. The highest BCUT2D eigenvalue weighted by atomic mass is 16.4. The fourth-order valence-electron chi connectivity index (χ4n) is 1.79. The first-order valence-electron chi connectivity index (χ1n) is 5.44. The summed E-state index contributed by atoms with van der Waals surface area (Å²) in [5.74, 6) is -0.575. The minimum Gasteiger partial charge on any atom is -0.481 e. The molecule has 0 bridgehead atoms. The molecule has 0 spiro atoms. The Kier molecular flexibility index (Phi) is 6.75. The Labute approximate surface area is 91.1 Å². The van der Waals surface area contributed by atoms with Crippen molar-refractivity contribution < 1.29 is 14.7 Å². The van der Waals surface area contributed by atoms with Crippen molar-refractivity contribution in [1.29, 1.82) is 0 Å². The zero-order valence-corrected chi connectivity index (χ0v) is 9.75. The summed E-state index contributed by atoms with van der Waals surface area (Å²) in [6, 6.07) is -0.235. The zero-order valence-electron chi connectivity index (χ0n) is 9.75. The van der Waals surface area contributed by atoms with E-state index in [2.05, 4.69) is 19.2 Å². The van der Waals surface area contributed by atoms with Gasteiger partial charge in [0.2, 0.25) is 5.91 Å². The molecule has 15 heavy (non-hydrogen) atoms. The van der Waals surface area contributed by atoms with Crippen LogP contribution in [0.3, 0.4) is 0 Å². The summed E-state index contributed by atoms with van der Waals surface area (Å²) >= 11 is 0. The predicted molar refractivity (Wildman–Crippen MR) is 58.5 cm³/mol. The van der Waals surface area contributed by atoms with Gasteiger partial charge in [0.15, 0.2) is 0 Å². The molecule has 2 atom stereocenters. The minimum absolute atomic E-state index is 0.00757. The van der Waals surface area contributed by atoms with Gasteiger partial charge in [-0.3, -0.25) is 9.59 Å². The van der Waals surface area contributed by atoms with Crippen molar-refractivity contribution in [2.24, 2.45) is 5.92 Å². The van der Waals surface area contributed by atoms with E-state index >= 15 is 0 Å². The minimum atomic E-state index is -0.863. The molecule has 88 valence electrons. The molecular weight excluding hydrogens is 194 g/mol. The Morgan fingerprint density at radius 3 is 2.40 bits per heavy atom. The maximum absolute atomic E-state index is 10.9. The molecule has 0 aromatic carbocycles. The van der Waals surface area contributed by atoms with Crippen molar-refractivity contribution in [3.05, 3.63) is 0 Å². The molecule has 4 nitrogen and oxygen atoms in total. The van der Waals surface area contributed by atoms with E-state index in [0.717, 1.165) is 19.3 Å². The Hall–Kier alpha value is -1.06. The molecule has 0 radical (unpaired) electrons. The predicted octanol–water partition coefficient (Wildman–Crippen LogP) is 1.79. The first kappa shape index (κ1) is 13.9. The van der Waals surface area contributed by atoms with Crippen LogP contribution in [-0.2, 0) is 9.59 Å². The van der Waals surface area contributed by atoms with E-state index in [1.165, 1.54) is 6.92 Å². The highest BCUT2D eigenvalue weighted by molar-refractivity contribution is 5.74. The molecule has 0 aliphatic rings. The summed E-state index contributed by atoms with van der Waals surface area (Å²) < 4.78 is 0. The lowest BCUT2D eigenvalue weighted by atomic mass is 9.95. The van der Waals surface area contributed by atoms with Gasteiger partial charge >= 0.3 is 5.97 Å². The molecule has 0 fully saturated rings. The lowest BCUT2D eigenvalue weighted by Crippen LogP contribution is -2.36. The van der Waals surface area contributed by atoms with Gasteiger partial charge in [-0.15, -0.1) is 0 Å². The lowest BCUT2D eigenvalue weighted by Gasteiger charge is -2.19. The smallest absolute Gasteiger partial charge is 0.305 e. The normalized spacial score (nSPS) is 14.3. The average molecular weight is 215 g/mol. The summed E-state index contributed by atoms with van der Waals surface area (Å²) in [7, 11) is 0. The van der Waals surface area contributed by atoms with Crippen LogP contribution in [0.4, 0.5) is 0 Å². The SMILES string of the molecule is CCC[C@@H](C)C[C@@H](CC(=O)O)NC(C)=O. The quantitative estimate of drug-likeness (QED) is 0.680. The van der Waals surface area contributed by atoms with Crippen LogP contribution in [0.1, 0.15) is 46.5 Å². The van der Waals surface area contributed by atoms with Crippen LogP contribution in [0, 0.1) is 5.92 Å². The largest absolute Gasteiger partial charge is 0.481 e. The third-order valence-electron chi connectivity index (χ3n) is 2.30. The molecule has 0 unspecified atom stereocenters. The Morgan fingerprint density at radius 2 is 2.00 bits per heavy atom. The number of carbonyl (C=O) groups excluding carboxylic acids is 1. The van der Waals surface area contributed by atoms with Gasteiger partial charge < -0.3 is 10.4 Å². The monoisotopic (exact) mass is 215 g/mol. The van der Waals surface area contributed by atoms with Gasteiger partial charge in [0.05, 0.1) is 6.42 Å². The van der Waals surface area contributed by atoms with Gasteiger partial charge in [0, 0.05) is 13.0 Å². The average Bonchev–Trinajstić information content (AvgIpc) is 2.00. The topological polar surface area (TPSA) is 66.4 Å².